The maximum Gasteiger partial charge on any atom is 0.272 e. The van der Waals surface area contributed by atoms with E-state index in [1.165, 1.54) is 25.3 Å². The van der Waals surface area contributed by atoms with E-state index in [1.807, 2.05) is 30.3 Å². The van der Waals surface area contributed by atoms with Crippen molar-refractivity contribution in [2.24, 2.45) is 5.10 Å². The van der Waals surface area contributed by atoms with Gasteiger partial charge in [-0.25, -0.2) is 0 Å². The lowest BCUT2D eigenvalue weighted by Crippen LogP contribution is -2.06. The zero-order valence-corrected chi connectivity index (χ0v) is 11.8. The average molecular weight is 298 g/mol. The number of hydrazone groups is 1. The predicted octanol–water partition coefficient (Wildman–Crippen LogP) is 3.00. The molecule has 0 heterocycles. The summed E-state index contributed by atoms with van der Waals surface area (Å²) in [5.74, 6) is -0.300. The van der Waals surface area contributed by atoms with Crippen LogP contribution in [0.25, 0.3) is 0 Å². The van der Waals surface area contributed by atoms with Crippen LogP contribution in [0.2, 0.25) is 0 Å². The molecule has 2 aromatic rings. The molecule has 0 radical (unpaired) electrons. The van der Waals surface area contributed by atoms with E-state index in [0.29, 0.717) is 11.3 Å². The third-order valence-electron chi connectivity index (χ3n) is 2.65. The van der Waals surface area contributed by atoms with Crippen LogP contribution in [0.3, 0.4) is 0 Å². The summed E-state index contributed by atoms with van der Waals surface area (Å²) in [6.07, 6.45) is 1.45. The Bertz CT molecular complexity index is 714. The summed E-state index contributed by atoms with van der Waals surface area (Å²) in [4.78, 5) is 21.5. The van der Waals surface area contributed by atoms with Crippen LogP contribution in [-0.2, 0) is 4.79 Å². The molecule has 0 unspecified atom stereocenters. The first-order valence-corrected chi connectivity index (χ1v) is 6.46. The highest BCUT2D eigenvalue weighted by molar-refractivity contribution is 5.91. The van der Waals surface area contributed by atoms with Gasteiger partial charge in [-0.3, -0.25) is 20.3 Å². The smallest absolute Gasteiger partial charge is 0.272 e. The number of hydrogen-bond acceptors (Lipinski definition) is 5. The van der Waals surface area contributed by atoms with Crippen LogP contribution in [0.5, 0.6) is 0 Å². The van der Waals surface area contributed by atoms with Crippen LogP contribution in [0, 0.1) is 10.1 Å². The summed E-state index contributed by atoms with van der Waals surface area (Å²) in [6.45, 7) is 1.34. The minimum Gasteiger partial charge on any atom is -0.326 e. The van der Waals surface area contributed by atoms with Crippen molar-refractivity contribution in [2.45, 2.75) is 6.92 Å². The molecule has 2 N–H and O–H groups in total. The standard InChI is InChI=1S/C15H14N4O3/c1-11(20)17-14-7-12(8-15(9-14)19(21)22)10-16-18-13-5-3-2-4-6-13/h2-10,18H,1H3,(H,17,20). The lowest BCUT2D eigenvalue weighted by molar-refractivity contribution is -0.384. The van der Waals surface area contributed by atoms with Gasteiger partial charge >= 0.3 is 0 Å². The number of para-hydroxylation sites is 1. The zero-order valence-electron chi connectivity index (χ0n) is 11.8. The van der Waals surface area contributed by atoms with Crippen molar-refractivity contribution in [3.8, 4) is 0 Å². The second-order valence-electron chi connectivity index (χ2n) is 4.49. The van der Waals surface area contributed by atoms with Gasteiger partial charge in [-0.2, -0.15) is 5.10 Å². The van der Waals surface area contributed by atoms with Crippen LogP contribution in [0.4, 0.5) is 17.1 Å². The lowest BCUT2D eigenvalue weighted by atomic mass is 10.2. The molecule has 0 atom stereocenters. The third kappa shape index (κ3) is 4.41. The molecule has 0 aliphatic carbocycles. The molecule has 0 fully saturated rings. The first-order chi connectivity index (χ1) is 10.5. The maximum atomic E-state index is 11.1. The first-order valence-electron chi connectivity index (χ1n) is 6.46. The zero-order chi connectivity index (χ0) is 15.9. The molecule has 0 aliphatic heterocycles. The highest BCUT2D eigenvalue weighted by Gasteiger charge is 2.09. The normalized spacial score (nSPS) is 10.4. The lowest BCUT2D eigenvalue weighted by Gasteiger charge is -2.04. The second-order valence-corrected chi connectivity index (χ2v) is 4.49. The van der Waals surface area contributed by atoms with Crippen LogP contribution in [0.1, 0.15) is 12.5 Å². The number of rotatable bonds is 5. The molecule has 0 spiro atoms. The minimum absolute atomic E-state index is 0.118. The highest BCUT2D eigenvalue weighted by Crippen LogP contribution is 2.20. The molecule has 112 valence electrons. The van der Waals surface area contributed by atoms with Gasteiger partial charge in [-0.15, -0.1) is 0 Å². The Labute approximate surface area is 126 Å². The summed E-state index contributed by atoms with van der Waals surface area (Å²) in [7, 11) is 0. The van der Waals surface area contributed by atoms with Crippen LogP contribution < -0.4 is 10.7 Å². The maximum absolute atomic E-state index is 11.1. The Morgan fingerprint density at radius 1 is 1.18 bits per heavy atom. The minimum atomic E-state index is -0.521. The van der Waals surface area contributed by atoms with E-state index in [1.54, 1.807) is 6.07 Å². The number of nitro groups is 1. The number of nitro benzene ring substituents is 1. The summed E-state index contributed by atoms with van der Waals surface area (Å²) in [5, 5.41) is 17.5. The van der Waals surface area contributed by atoms with Gasteiger partial charge < -0.3 is 5.32 Å². The predicted molar refractivity (Wildman–Crippen MR) is 85.1 cm³/mol. The molecule has 0 saturated carbocycles. The van der Waals surface area contributed by atoms with Crippen LogP contribution >= 0.6 is 0 Å². The van der Waals surface area contributed by atoms with E-state index in [9.17, 15) is 14.9 Å². The molecule has 0 aliphatic rings. The van der Waals surface area contributed by atoms with Gasteiger partial charge in [0.15, 0.2) is 0 Å². The van der Waals surface area contributed by atoms with Crippen molar-refractivity contribution >= 4 is 29.2 Å². The Morgan fingerprint density at radius 2 is 1.91 bits per heavy atom. The Hall–Kier alpha value is -3.22. The second kappa shape index (κ2) is 6.98. The molecule has 2 aromatic carbocycles. The number of benzene rings is 2. The summed E-state index contributed by atoms with van der Waals surface area (Å²) in [6, 6.07) is 13.6. The van der Waals surface area contributed by atoms with Crippen molar-refractivity contribution < 1.29 is 9.72 Å². The average Bonchev–Trinajstić information content (AvgIpc) is 2.47. The van der Waals surface area contributed by atoms with E-state index >= 15 is 0 Å². The van der Waals surface area contributed by atoms with Gasteiger partial charge in [0.25, 0.3) is 5.69 Å². The van der Waals surface area contributed by atoms with Crippen LogP contribution in [-0.4, -0.2) is 17.0 Å². The van der Waals surface area contributed by atoms with Gasteiger partial charge in [0.2, 0.25) is 5.91 Å². The van der Waals surface area contributed by atoms with Gasteiger partial charge in [0.1, 0.15) is 0 Å². The SMILES string of the molecule is CC(=O)Nc1cc(C=NNc2ccccc2)cc([N+](=O)[O-])c1. The van der Waals surface area contributed by atoms with Gasteiger partial charge in [-0.05, 0) is 18.2 Å². The number of non-ortho nitro benzene ring substituents is 1. The number of carbonyl (C=O) groups excluding carboxylic acids is 1. The van der Waals surface area contributed by atoms with Gasteiger partial charge in [-0.1, -0.05) is 18.2 Å². The molecule has 0 saturated heterocycles. The molecular formula is C15H14N4O3. The van der Waals surface area contributed by atoms with Crippen molar-refractivity contribution in [3.63, 3.8) is 0 Å². The monoisotopic (exact) mass is 298 g/mol. The molecule has 7 heteroatoms. The Balaban J connectivity index is 2.20. The Kier molecular flexibility index (Phi) is 4.81. The van der Waals surface area contributed by atoms with Gasteiger partial charge in [0, 0.05) is 30.3 Å². The number of anilines is 2. The topological polar surface area (TPSA) is 96.6 Å². The van der Waals surface area contributed by atoms with Gasteiger partial charge in [0.05, 0.1) is 16.8 Å². The van der Waals surface area contributed by atoms with E-state index in [4.69, 9.17) is 0 Å². The quantitative estimate of drug-likeness (QED) is 0.503. The molecule has 0 bridgehead atoms. The number of carbonyl (C=O) groups is 1. The third-order valence-corrected chi connectivity index (χ3v) is 2.65. The fourth-order valence-corrected chi connectivity index (χ4v) is 1.78. The summed E-state index contributed by atoms with van der Waals surface area (Å²) < 4.78 is 0. The number of nitrogens with zero attached hydrogens (tertiary/aromatic N) is 2. The van der Waals surface area contributed by atoms with E-state index in [2.05, 4.69) is 15.8 Å². The molecule has 0 aromatic heterocycles. The largest absolute Gasteiger partial charge is 0.326 e. The Morgan fingerprint density at radius 3 is 2.55 bits per heavy atom. The highest BCUT2D eigenvalue weighted by atomic mass is 16.6. The number of hydrogen-bond donors (Lipinski definition) is 2. The molecule has 2 rings (SSSR count). The number of amides is 1. The van der Waals surface area contributed by atoms with Crippen molar-refractivity contribution in [2.75, 3.05) is 10.7 Å². The molecular weight excluding hydrogens is 284 g/mol. The van der Waals surface area contributed by atoms with E-state index in [0.717, 1.165) is 5.69 Å². The molecule has 7 nitrogen and oxygen atoms in total. The van der Waals surface area contributed by atoms with Crippen LogP contribution in [0.15, 0.2) is 53.6 Å². The number of nitrogens with one attached hydrogen (secondary N) is 2. The fourth-order valence-electron chi connectivity index (χ4n) is 1.78. The van der Waals surface area contributed by atoms with Crippen molar-refractivity contribution in [1.29, 1.82) is 0 Å². The van der Waals surface area contributed by atoms with Crippen molar-refractivity contribution in [3.05, 3.63) is 64.2 Å². The molecule has 1 amide bonds. The summed E-state index contributed by atoms with van der Waals surface area (Å²) in [5.41, 5.74) is 4.34. The molecule has 22 heavy (non-hydrogen) atoms. The summed E-state index contributed by atoms with van der Waals surface area (Å²) >= 11 is 0. The first kappa shape index (κ1) is 15.2. The fraction of sp³-hybridized carbons (Fsp3) is 0.0667. The van der Waals surface area contributed by atoms with E-state index in [-0.39, 0.29) is 11.6 Å². The van der Waals surface area contributed by atoms with E-state index < -0.39 is 4.92 Å². The van der Waals surface area contributed by atoms with Crippen molar-refractivity contribution in [1.82, 2.24) is 0 Å².